The van der Waals surface area contributed by atoms with Gasteiger partial charge in [-0.1, -0.05) is 29.3 Å². The predicted octanol–water partition coefficient (Wildman–Crippen LogP) is 2.52. The molecular formula is C14H17Cl2NO3. The molecule has 0 spiro atoms. The number of halogens is 2. The molecular weight excluding hydrogens is 301 g/mol. The van der Waals surface area contributed by atoms with Crippen molar-refractivity contribution < 1.29 is 14.6 Å². The van der Waals surface area contributed by atoms with Crippen LogP contribution in [-0.4, -0.2) is 37.4 Å². The van der Waals surface area contributed by atoms with Crippen molar-refractivity contribution in [2.75, 3.05) is 20.3 Å². The Balaban J connectivity index is 2.67. The smallest absolute Gasteiger partial charge is 0.244 e. The van der Waals surface area contributed by atoms with E-state index in [-0.39, 0.29) is 18.6 Å². The van der Waals surface area contributed by atoms with Gasteiger partial charge in [-0.15, -0.1) is 0 Å². The summed E-state index contributed by atoms with van der Waals surface area (Å²) in [7, 11) is 1.54. The Bertz CT molecular complexity index is 451. The first-order valence-electron chi connectivity index (χ1n) is 6.11. The van der Waals surface area contributed by atoms with Gasteiger partial charge in [-0.05, 0) is 24.6 Å². The molecule has 4 nitrogen and oxygen atoms in total. The summed E-state index contributed by atoms with van der Waals surface area (Å²) in [5, 5.41) is 12.6. The van der Waals surface area contributed by atoms with Crippen molar-refractivity contribution in [1.29, 1.82) is 0 Å². The summed E-state index contributed by atoms with van der Waals surface area (Å²) in [4.78, 5) is 11.8. The van der Waals surface area contributed by atoms with Gasteiger partial charge in [0.1, 0.15) is 0 Å². The van der Waals surface area contributed by atoms with Crippen molar-refractivity contribution in [3.8, 4) is 0 Å². The number of amides is 1. The number of ether oxygens (including phenoxy) is 1. The van der Waals surface area contributed by atoms with Crippen LogP contribution in [-0.2, 0) is 9.53 Å². The molecule has 20 heavy (non-hydrogen) atoms. The van der Waals surface area contributed by atoms with Gasteiger partial charge in [0.15, 0.2) is 0 Å². The Kier molecular flexibility index (Phi) is 7.62. The summed E-state index contributed by atoms with van der Waals surface area (Å²) in [6, 6.07) is 4.90. The third kappa shape index (κ3) is 5.51. The Morgan fingerprint density at radius 1 is 1.45 bits per heavy atom. The summed E-state index contributed by atoms with van der Waals surface area (Å²) in [5.74, 6) is -0.295. The van der Waals surface area contributed by atoms with Crippen molar-refractivity contribution in [1.82, 2.24) is 5.32 Å². The highest BCUT2D eigenvalue weighted by molar-refractivity contribution is 6.37. The second kappa shape index (κ2) is 8.97. The standard InChI is InChI=1S/C14H17Cl2NO3/c1-20-9-10(7-8-18)17-14(19)6-5-11-12(15)3-2-4-13(11)16/h2-6,10,18H,7-9H2,1H3,(H,17,19)/b6-5+. The highest BCUT2D eigenvalue weighted by Crippen LogP contribution is 2.25. The summed E-state index contributed by atoms with van der Waals surface area (Å²) in [5.41, 5.74) is 0.594. The molecule has 0 aliphatic carbocycles. The summed E-state index contributed by atoms with van der Waals surface area (Å²) in [6.45, 7) is 0.321. The normalized spacial score (nSPS) is 12.6. The zero-order valence-electron chi connectivity index (χ0n) is 11.1. The van der Waals surface area contributed by atoms with E-state index in [1.165, 1.54) is 13.2 Å². The molecule has 0 bridgehead atoms. The second-order valence-corrected chi connectivity index (χ2v) is 4.96. The molecule has 1 aromatic carbocycles. The minimum atomic E-state index is -0.295. The van der Waals surface area contributed by atoms with E-state index in [9.17, 15) is 4.79 Å². The lowest BCUT2D eigenvalue weighted by Crippen LogP contribution is -2.37. The summed E-state index contributed by atoms with van der Waals surface area (Å²) < 4.78 is 4.97. The first kappa shape index (κ1) is 17.0. The lowest BCUT2D eigenvalue weighted by molar-refractivity contribution is -0.117. The molecule has 0 radical (unpaired) electrons. The van der Waals surface area contributed by atoms with Crippen LogP contribution in [0.4, 0.5) is 0 Å². The maximum atomic E-state index is 11.8. The summed E-state index contributed by atoms with van der Waals surface area (Å²) in [6.07, 6.45) is 3.34. The molecule has 0 saturated carbocycles. The van der Waals surface area contributed by atoms with E-state index in [1.807, 2.05) is 0 Å². The van der Waals surface area contributed by atoms with Crippen molar-refractivity contribution in [2.45, 2.75) is 12.5 Å². The van der Waals surface area contributed by atoms with E-state index >= 15 is 0 Å². The Morgan fingerprint density at radius 2 is 2.10 bits per heavy atom. The molecule has 0 saturated heterocycles. The van der Waals surface area contributed by atoms with Gasteiger partial charge >= 0.3 is 0 Å². The van der Waals surface area contributed by atoms with Crippen LogP contribution < -0.4 is 5.32 Å². The topological polar surface area (TPSA) is 58.6 Å². The van der Waals surface area contributed by atoms with Crippen molar-refractivity contribution >= 4 is 35.2 Å². The van der Waals surface area contributed by atoms with E-state index in [1.54, 1.807) is 24.3 Å². The molecule has 110 valence electrons. The number of nitrogens with one attached hydrogen (secondary N) is 1. The van der Waals surface area contributed by atoms with Gasteiger partial charge in [0.25, 0.3) is 0 Å². The Morgan fingerprint density at radius 3 is 2.65 bits per heavy atom. The number of methoxy groups -OCH3 is 1. The largest absolute Gasteiger partial charge is 0.396 e. The molecule has 1 atom stereocenters. The molecule has 0 heterocycles. The monoisotopic (exact) mass is 317 g/mol. The van der Waals surface area contributed by atoms with Gasteiger partial charge < -0.3 is 15.2 Å². The van der Waals surface area contributed by atoms with Crippen LogP contribution in [0.5, 0.6) is 0 Å². The molecule has 1 amide bonds. The number of aliphatic hydroxyl groups is 1. The average molecular weight is 318 g/mol. The Hall–Kier alpha value is -1.07. The molecule has 0 aromatic heterocycles. The SMILES string of the molecule is COCC(CCO)NC(=O)/C=C/c1c(Cl)cccc1Cl. The number of rotatable bonds is 7. The molecule has 1 unspecified atom stereocenters. The first-order valence-corrected chi connectivity index (χ1v) is 6.86. The van der Waals surface area contributed by atoms with Crippen LogP contribution in [0, 0.1) is 0 Å². The van der Waals surface area contributed by atoms with E-state index in [0.717, 1.165) is 0 Å². The van der Waals surface area contributed by atoms with Crippen LogP contribution >= 0.6 is 23.2 Å². The van der Waals surface area contributed by atoms with Gasteiger partial charge in [-0.3, -0.25) is 4.79 Å². The van der Waals surface area contributed by atoms with Crippen LogP contribution in [0.3, 0.4) is 0 Å². The Labute approximate surface area is 128 Å². The lowest BCUT2D eigenvalue weighted by Gasteiger charge is -2.15. The van der Waals surface area contributed by atoms with Gasteiger partial charge in [0.05, 0.1) is 12.6 Å². The van der Waals surface area contributed by atoms with Gasteiger partial charge in [0, 0.05) is 35.4 Å². The fourth-order valence-electron chi connectivity index (χ4n) is 1.63. The molecule has 0 aliphatic heterocycles. The van der Waals surface area contributed by atoms with Crippen LogP contribution in [0.2, 0.25) is 10.0 Å². The third-order valence-electron chi connectivity index (χ3n) is 2.59. The quantitative estimate of drug-likeness (QED) is 0.760. The van der Waals surface area contributed by atoms with Crippen molar-refractivity contribution in [3.63, 3.8) is 0 Å². The predicted molar refractivity (Wildman–Crippen MR) is 81.0 cm³/mol. The number of benzene rings is 1. The van der Waals surface area contributed by atoms with Gasteiger partial charge in [-0.2, -0.15) is 0 Å². The molecule has 0 fully saturated rings. The number of carbonyl (C=O) groups is 1. The summed E-state index contributed by atoms with van der Waals surface area (Å²) >= 11 is 12.0. The van der Waals surface area contributed by atoms with Gasteiger partial charge in [-0.25, -0.2) is 0 Å². The van der Waals surface area contributed by atoms with E-state index < -0.39 is 0 Å². The van der Waals surface area contributed by atoms with E-state index in [2.05, 4.69) is 5.32 Å². The maximum absolute atomic E-state index is 11.8. The number of hydrogen-bond donors (Lipinski definition) is 2. The fourth-order valence-corrected chi connectivity index (χ4v) is 2.16. The maximum Gasteiger partial charge on any atom is 0.244 e. The number of aliphatic hydroxyl groups excluding tert-OH is 1. The molecule has 2 N–H and O–H groups in total. The van der Waals surface area contributed by atoms with Crippen LogP contribution in [0.25, 0.3) is 6.08 Å². The van der Waals surface area contributed by atoms with E-state index in [0.29, 0.717) is 28.6 Å². The zero-order valence-corrected chi connectivity index (χ0v) is 12.6. The minimum absolute atomic E-state index is 0.0195. The minimum Gasteiger partial charge on any atom is -0.396 e. The highest BCUT2D eigenvalue weighted by Gasteiger charge is 2.10. The van der Waals surface area contributed by atoms with E-state index in [4.69, 9.17) is 33.0 Å². The fraction of sp³-hybridized carbons (Fsp3) is 0.357. The molecule has 1 rings (SSSR count). The van der Waals surface area contributed by atoms with Crippen molar-refractivity contribution in [2.24, 2.45) is 0 Å². The van der Waals surface area contributed by atoms with Gasteiger partial charge in [0.2, 0.25) is 5.91 Å². The average Bonchev–Trinajstić information content (AvgIpc) is 2.38. The molecule has 1 aromatic rings. The van der Waals surface area contributed by atoms with Crippen molar-refractivity contribution in [3.05, 3.63) is 39.9 Å². The second-order valence-electron chi connectivity index (χ2n) is 4.14. The van der Waals surface area contributed by atoms with Crippen LogP contribution in [0.15, 0.2) is 24.3 Å². The molecule has 6 heteroatoms. The highest BCUT2D eigenvalue weighted by atomic mass is 35.5. The lowest BCUT2D eigenvalue weighted by atomic mass is 10.2. The van der Waals surface area contributed by atoms with Crippen LogP contribution in [0.1, 0.15) is 12.0 Å². The third-order valence-corrected chi connectivity index (χ3v) is 3.25. The molecule has 0 aliphatic rings. The zero-order chi connectivity index (χ0) is 15.0. The first-order chi connectivity index (χ1) is 9.58. The number of carbonyl (C=O) groups excluding carboxylic acids is 1. The number of hydrogen-bond acceptors (Lipinski definition) is 3.